The third-order valence-corrected chi connectivity index (χ3v) is 3.76. The zero-order valence-electron chi connectivity index (χ0n) is 10.5. The highest BCUT2D eigenvalue weighted by Gasteiger charge is 2.27. The lowest BCUT2D eigenvalue weighted by Crippen LogP contribution is -2.37. The van der Waals surface area contributed by atoms with Crippen molar-refractivity contribution in [2.75, 3.05) is 13.1 Å². The number of carboxylic acids is 1. The van der Waals surface area contributed by atoms with Crippen LogP contribution in [0.25, 0.3) is 0 Å². The van der Waals surface area contributed by atoms with Gasteiger partial charge in [-0.15, -0.1) is 0 Å². The number of rotatable bonds is 3. The summed E-state index contributed by atoms with van der Waals surface area (Å²) in [5.74, 6) is -1.14. The van der Waals surface area contributed by atoms with E-state index in [1.165, 1.54) is 6.07 Å². The van der Waals surface area contributed by atoms with Gasteiger partial charge in [0, 0.05) is 6.04 Å². The van der Waals surface area contributed by atoms with E-state index in [-0.39, 0.29) is 17.8 Å². The number of hydrogen-bond donors (Lipinski definition) is 1. The standard InChI is InChI=1S/C14H18FNO2/c1-10(12-3-2-4-13(15)9-12)16-7-5-11(6-8-16)14(17)18/h2-4,9-11H,5-8H2,1H3,(H,17,18). The molecule has 1 saturated heterocycles. The topological polar surface area (TPSA) is 40.5 Å². The Kier molecular flexibility index (Phi) is 3.97. The molecule has 0 radical (unpaired) electrons. The van der Waals surface area contributed by atoms with Gasteiger partial charge in [-0.1, -0.05) is 12.1 Å². The summed E-state index contributed by atoms with van der Waals surface area (Å²) in [6, 6.07) is 6.75. The van der Waals surface area contributed by atoms with Crippen LogP contribution in [0.15, 0.2) is 24.3 Å². The predicted molar refractivity (Wildman–Crippen MR) is 66.7 cm³/mol. The lowest BCUT2D eigenvalue weighted by atomic mass is 9.95. The zero-order valence-corrected chi connectivity index (χ0v) is 10.5. The van der Waals surface area contributed by atoms with Crippen LogP contribution in [0.2, 0.25) is 0 Å². The van der Waals surface area contributed by atoms with E-state index in [1.54, 1.807) is 12.1 Å². The molecule has 0 aliphatic carbocycles. The van der Waals surface area contributed by atoms with Crippen LogP contribution in [0.3, 0.4) is 0 Å². The number of halogens is 1. The largest absolute Gasteiger partial charge is 0.481 e. The first-order chi connectivity index (χ1) is 8.58. The molecule has 1 heterocycles. The van der Waals surface area contributed by atoms with Crippen LogP contribution in [-0.2, 0) is 4.79 Å². The van der Waals surface area contributed by atoms with Crippen molar-refractivity contribution < 1.29 is 14.3 Å². The minimum atomic E-state index is -0.701. The third kappa shape index (κ3) is 2.88. The minimum Gasteiger partial charge on any atom is -0.481 e. The Morgan fingerprint density at radius 3 is 2.67 bits per heavy atom. The van der Waals surface area contributed by atoms with Crippen LogP contribution in [0.1, 0.15) is 31.4 Å². The summed E-state index contributed by atoms with van der Waals surface area (Å²) in [6.45, 7) is 3.55. The average Bonchev–Trinajstić information content (AvgIpc) is 2.38. The number of likely N-dealkylation sites (tertiary alicyclic amines) is 1. The Hall–Kier alpha value is -1.42. The van der Waals surface area contributed by atoms with Gasteiger partial charge in [-0.3, -0.25) is 9.69 Å². The summed E-state index contributed by atoms with van der Waals surface area (Å²) in [6.07, 6.45) is 1.35. The van der Waals surface area contributed by atoms with Gasteiger partial charge >= 0.3 is 5.97 Å². The van der Waals surface area contributed by atoms with Crippen LogP contribution >= 0.6 is 0 Å². The summed E-state index contributed by atoms with van der Waals surface area (Å²) in [5, 5.41) is 8.95. The van der Waals surface area contributed by atoms with E-state index < -0.39 is 5.97 Å². The van der Waals surface area contributed by atoms with Crippen molar-refractivity contribution >= 4 is 5.97 Å². The molecule has 18 heavy (non-hydrogen) atoms. The molecule has 0 bridgehead atoms. The highest BCUT2D eigenvalue weighted by molar-refractivity contribution is 5.70. The Balaban J connectivity index is 1.99. The maximum atomic E-state index is 13.2. The fourth-order valence-corrected chi connectivity index (χ4v) is 2.51. The minimum absolute atomic E-state index is 0.135. The van der Waals surface area contributed by atoms with Crippen LogP contribution in [0.4, 0.5) is 4.39 Å². The van der Waals surface area contributed by atoms with Crippen molar-refractivity contribution in [2.45, 2.75) is 25.8 Å². The first-order valence-electron chi connectivity index (χ1n) is 6.30. The fraction of sp³-hybridized carbons (Fsp3) is 0.500. The lowest BCUT2D eigenvalue weighted by Gasteiger charge is -2.34. The maximum absolute atomic E-state index is 13.2. The Bertz CT molecular complexity index is 428. The first kappa shape index (κ1) is 13.0. The van der Waals surface area contributed by atoms with Crippen molar-refractivity contribution in [3.05, 3.63) is 35.6 Å². The molecule has 4 heteroatoms. The summed E-state index contributed by atoms with van der Waals surface area (Å²) in [7, 11) is 0. The summed E-state index contributed by atoms with van der Waals surface area (Å²) < 4.78 is 13.2. The molecule has 1 aliphatic heterocycles. The number of nitrogens with zero attached hydrogens (tertiary/aromatic N) is 1. The van der Waals surface area contributed by atoms with Gasteiger partial charge in [0.1, 0.15) is 5.82 Å². The molecule has 1 aromatic rings. The predicted octanol–water partition coefficient (Wildman–Crippen LogP) is 2.68. The van der Waals surface area contributed by atoms with E-state index in [4.69, 9.17) is 5.11 Å². The van der Waals surface area contributed by atoms with E-state index in [0.717, 1.165) is 18.7 Å². The third-order valence-electron chi connectivity index (χ3n) is 3.76. The van der Waals surface area contributed by atoms with E-state index in [2.05, 4.69) is 4.90 Å². The van der Waals surface area contributed by atoms with Crippen LogP contribution in [-0.4, -0.2) is 29.1 Å². The molecule has 98 valence electrons. The monoisotopic (exact) mass is 251 g/mol. The molecular formula is C14H18FNO2. The number of hydrogen-bond acceptors (Lipinski definition) is 2. The molecule has 1 unspecified atom stereocenters. The Morgan fingerprint density at radius 2 is 2.11 bits per heavy atom. The number of piperidine rings is 1. The van der Waals surface area contributed by atoms with Gasteiger partial charge < -0.3 is 5.11 Å². The SMILES string of the molecule is CC(c1cccc(F)c1)N1CCC(C(=O)O)CC1. The number of benzene rings is 1. The number of carboxylic acid groups (broad SMARTS) is 1. The molecule has 1 aliphatic rings. The van der Waals surface area contributed by atoms with Gasteiger partial charge in [-0.25, -0.2) is 4.39 Å². The normalized spacial score (nSPS) is 19.7. The summed E-state index contributed by atoms with van der Waals surface area (Å²) >= 11 is 0. The summed E-state index contributed by atoms with van der Waals surface area (Å²) in [4.78, 5) is 13.1. The van der Waals surface area contributed by atoms with E-state index in [9.17, 15) is 9.18 Å². The molecule has 1 N–H and O–H groups in total. The second kappa shape index (κ2) is 5.48. The second-order valence-electron chi connectivity index (χ2n) is 4.88. The second-order valence-corrected chi connectivity index (χ2v) is 4.88. The molecular weight excluding hydrogens is 233 g/mol. The van der Waals surface area contributed by atoms with E-state index >= 15 is 0 Å². The lowest BCUT2D eigenvalue weighted by molar-refractivity contribution is -0.143. The fourth-order valence-electron chi connectivity index (χ4n) is 2.51. The van der Waals surface area contributed by atoms with Crippen molar-refractivity contribution in [1.82, 2.24) is 4.90 Å². The van der Waals surface area contributed by atoms with Crippen LogP contribution in [0.5, 0.6) is 0 Å². The van der Waals surface area contributed by atoms with Crippen LogP contribution in [0, 0.1) is 11.7 Å². The Labute approximate surface area is 106 Å². The molecule has 0 amide bonds. The van der Waals surface area contributed by atoms with Crippen LogP contribution < -0.4 is 0 Å². The van der Waals surface area contributed by atoms with Crippen molar-refractivity contribution in [1.29, 1.82) is 0 Å². The molecule has 1 fully saturated rings. The van der Waals surface area contributed by atoms with Gasteiger partial charge in [0.15, 0.2) is 0 Å². The van der Waals surface area contributed by atoms with E-state index in [0.29, 0.717) is 12.8 Å². The zero-order chi connectivity index (χ0) is 13.1. The van der Waals surface area contributed by atoms with Gasteiger partial charge in [-0.2, -0.15) is 0 Å². The molecule has 0 spiro atoms. The van der Waals surface area contributed by atoms with Gasteiger partial charge in [0.25, 0.3) is 0 Å². The first-order valence-corrected chi connectivity index (χ1v) is 6.30. The van der Waals surface area contributed by atoms with Gasteiger partial charge in [0.05, 0.1) is 5.92 Å². The highest BCUT2D eigenvalue weighted by atomic mass is 19.1. The molecule has 1 atom stereocenters. The molecule has 3 nitrogen and oxygen atoms in total. The highest BCUT2D eigenvalue weighted by Crippen LogP contribution is 2.26. The number of aliphatic carboxylic acids is 1. The van der Waals surface area contributed by atoms with Gasteiger partial charge in [-0.05, 0) is 50.6 Å². The Morgan fingerprint density at radius 1 is 1.44 bits per heavy atom. The number of carbonyl (C=O) groups is 1. The average molecular weight is 251 g/mol. The molecule has 1 aromatic carbocycles. The molecule has 0 saturated carbocycles. The quantitative estimate of drug-likeness (QED) is 0.898. The van der Waals surface area contributed by atoms with Crippen molar-refractivity contribution in [3.8, 4) is 0 Å². The van der Waals surface area contributed by atoms with Gasteiger partial charge in [0.2, 0.25) is 0 Å². The summed E-state index contributed by atoms with van der Waals surface area (Å²) in [5.41, 5.74) is 0.948. The van der Waals surface area contributed by atoms with E-state index in [1.807, 2.05) is 13.0 Å². The molecule has 2 rings (SSSR count). The molecule has 0 aromatic heterocycles. The smallest absolute Gasteiger partial charge is 0.306 e. The maximum Gasteiger partial charge on any atom is 0.306 e. The van der Waals surface area contributed by atoms with Crippen molar-refractivity contribution in [2.24, 2.45) is 5.92 Å². The van der Waals surface area contributed by atoms with Crippen molar-refractivity contribution in [3.63, 3.8) is 0 Å².